The summed E-state index contributed by atoms with van der Waals surface area (Å²) in [5.74, 6) is 1.08. The first kappa shape index (κ1) is 6.79. The highest BCUT2D eigenvalue weighted by Gasteiger charge is 2.46. The molecule has 1 aliphatic carbocycles. The van der Waals surface area contributed by atoms with E-state index in [1.165, 1.54) is 0 Å². The van der Waals surface area contributed by atoms with Crippen LogP contribution >= 0.6 is 0 Å². The number of rotatable bonds is 1. The molecule has 0 aromatic carbocycles. The van der Waals surface area contributed by atoms with Crippen molar-refractivity contribution in [3.63, 3.8) is 0 Å². The van der Waals surface area contributed by atoms with Crippen molar-refractivity contribution in [3.05, 3.63) is 0 Å². The van der Waals surface area contributed by atoms with Gasteiger partial charge in [0.1, 0.15) is 5.78 Å². The topological polar surface area (TPSA) is 17.1 Å². The Labute approximate surface area is 56.4 Å². The highest BCUT2D eigenvalue weighted by atomic mass is 16.1. The van der Waals surface area contributed by atoms with Gasteiger partial charge in [-0.3, -0.25) is 4.79 Å². The van der Waals surface area contributed by atoms with E-state index in [0.717, 1.165) is 12.8 Å². The van der Waals surface area contributed by atoms with Crippen LogP contribution in [0.2, 0.25) is 0 Å². The van der Waals surface area contributed by atoms with Gasteiger partial charge in [-0.05, 0) is 12.3 Å². The Morgan fingerprint density at radius 3 is 2.44 bits per heavy atom. The van der Waals surface area contributed by atoms with Gasteiger partial charge in [0, 0.05) is 11.8 Å². The summed E-state index contributed by atoms with van der Waals surface area (Å²) in [4.78, 5) is 11.0. The lowest BCUT2D eigenvalue weighted by Crippen LogP contribution is -2.45. The Kier molecular flexibility index (Phi) is 1.38. The lowest BCUT2D eigenvalue weighted by atomic mass is 9.60. The molecular formula is C8H14O. The third kappa shape index (κ3) is 0.707. The third-order valence-corrected chi connectivity index (χ3v) is 2.95. The highest BCUT2D eigenvalue weighted by Crippen LogP contribution is 2.44. The Morgan fingerprint density at radius 2 is 2.33 bits per heavy atom. The summed E-state index contributed by atoms with van der Waals surface area (Å²) in [6.45, 7) is 6.32. The minimum Gasteiger partial charge on any atom is -0.299 e. The summed E-state index contributed by atoms with van der Waals surface area (Å²) < 4.78 is 0. The molecule has 1 fully saturated rings. The molecule has 0 aromatic heterocycles. The van der Waals surface area contributed by atoms with Crippen LogP contribution in [0.1, 0.15) is 33.6 Å². The number of hydrogen-bond donors (Lipinski definition) is 0. The number of carbonyl (C=O) groups is 1. The predicted octanol–water partition coefficient (Wildman–Crippen LogP) is 2.01. The van der Waals surface area contributed by atoms with Crippen molar-refractivity contribution in [2.75, 3.05) is 0 Å². The fraction of sp³-hybridized carbons (Fsp3) is 0.875. The predicted molar refractivity (Wildman–Crippen MR) is 37.2 cm³/mol. The number of ketones is 1. The van der Waals surface area contributed by atoms with Crippen LogP contribution in [0.25, 0.3) is 0 Å². The van der Waals surface area contributed by atoms with Crippen LogP contribution in [0.4, 0.5) is 0 Å². The lowest BCUT2D eigenvalue weighted by Gasteiger charge is -2.42. The molecule has 2 unspecified atom stereocenters. The van der Waals surface area contributed by atoms with Gasteiger partial charge in [-0.25, -0.2) is 0 Å². The molecule has 0 saturated heterocycles. The van der Waals surface area contributed by atoms with Gasteiger partial charge in [0.25, 0.3) is 0 Å². The van der Waals surface area contributed by atoms with Gasteiger partial charge >= 0.3 is 0 Å². The Bertz CT molecular complexity index is 140. The van der Waals surface area contributed by atoms with Crippen molar-refractivity contribution in [2.45, 2.75) is 33.6 Å². The van der Waals surface area contributed by atoms with Gasteiger partial charge in [0.05, 0.1) is 0 Å². The second kappa shape index (κ2) is 1.83. The molecule has 1 heteroatoms. The van der Waals surface area contributed by atoms with E-state index in [9.17, 15) is 4.79 Å². The summed E-state index contributed by atoms with van der Waals surface area (Å²) in [5.41, 5.74) is 0.0417. The zero-order valence-corrected chi connectivity index (χ0v) is 6.40. The van der Waals surface area contributed by atoms with Crippen LogP contribution in [-0.2, 0) is 4.79 Å². The standard InChI is InChI=1S/C8H14O/c1-4-8(3)6(2)5-7(8)9/h6H,4-5H2,1-3H3. The molecule has 0 radical (unpaired) electrons. The van der Waals surface area contributed by atoms with Gasteiger partial charge < -0.3 is 0 Å². The maximum atomic E-state index is 11.0. The SMILES string of the molecule is CCC1(C)C(=O)CC1C. The molecule has 52 valence electrons. The van der Waals surface area contributed by atoms with E-state index in [4.69, 9.17) is 0 Å². The summed E-state index contributed by atoms with van der Waals surface area (Å²) in [6, 6.07) is 0. The zero-order valence-electron chi connectivity index (χ0n) is 6.40. The van der Waals surface area contributed by atoms with Gasteiger partial charge in [0.15, 0.2) is 0 Å². The Hall–Kier alpha value is -0.330. The molecule has 1 nitrogen and oxygen atoms in total. The molecule has 0 heterocycles. The number of carbonyl (C=O) groups excluding carboxylic acids is 1. The van der Waals surface area contributed by atoms with Gasteiger partial charge in [-0.15, -0.1) is 0 Å². The molecule has 0 aromatic rings. The van der Waals surface area contributed by atoms with E-state index in [1.54, 1.807) is 0 Å². The first-order chi connectivity index (χ1) is 4.11. The molecule has 1 aliphatic rings. The molecule has 2 atom stereocenters. The summed E-state index contributed by atoms with van der Waals surface area (Å²) in [6.07, 6.45) is 1.82. The van der Waals surface area contributed by atoms with Crippen molar-refractivity contribution in [2.24, 2.45) is 11.3 Å². The minimum atomic E-state index is 0.0417. The normalized spacial score (nSPS) is 42.6. The molecule has 9 heavy (non-hydrogen) atoms. The maximum Gasteiger partial charge on any atom is 0.139 e. The van der Waals surface area contributed by atoms with Crippen molar-refractivity contribution in [3.8, 4) is 0 Å². The van der Waals surface area contributed by atoms with Crippen LogP contribution in [0.5, 0.6) is 0 Å². The molecule has 0 N–H and O–H groups in total. The molecular weight excluding hydrogens is 112 g/mol. The van der Waals surface area contributed by atoms with Crippen LogP contribution in [-0.4, -0.2) is 5.78 Å². The van der Waals surface area contributed by atoms with E-state index >= 15 is 0 Å². The van der Waals surface area contributed by atoms with Crippen molar-refractivity contribution < 1.29 is 4.79 Å². The molecule has 0 amide bonds. The zero-order chi connectivity index (χ0) is 7.07. The average Bonchev–Trinajstić information content (AvgIpc) is 1.87. The van der Waals surface area contributed by atoms with Crippen molar-refractivity contribution in [1.29, 1.82) is 0 Å². The highest BCUT2D eigenvalue weighted by molar-refractivity contribution is 5.90. The summed E-state index contributed by atoms with van der Waals surface area (Å²) in [7, 11) is 0. The molecule has 1 saturated carbocycles. The largest absolute Gasteiger partial charge is 0.299 e. The molecule has 0 aliphatic heterocycles. The van der Waals surface area contributed by atoms with Crippen LogP contribution < -0.4 is 0 Å². The Morgan fingerprint density at radius 1 is 1.78 bits per heavy atom. The van der Waals surface area contributed by atoms with E-state index in [2.05, 4.69) is 20.8 Å². The smallest absolute Gasteiger partial charge is 0.139 e. The fourth-order valence-electron chi connectivity index (χ4n) is 1.43. The lowest BCUT2D eigenvalue weighted by molar-refractivity contribution is -0.143. The van der Waals surface area contributed by atoms with Gasteiger partial charge in [0.2, 0.25) is 0 Å². The first-order valence-electron chi connectivity index (χ1n) is 3.64. The second-order valence-electron chi connectivity index (χ2n) is 3.30. The van der Waals surface area contributed by atoms with Gasteiger partial charge in [-0.2, -0.15) is 0 Å². The van der Waals surface area contributed by atoms with E-state index in [0.29, 0.717) is 11.7 Å². The van der Waals surface area contributed by atoms with E-state index < -0.39 is 0 Å². The summed E-state index contributed by atoms with van der Waals surface area (Å²) in [5, 5.41) is 0. The number of Topliss-reactive ketones (excluding diaryl/α,β-unsaturated/α-hetero) is 1. The van der Waals surface area contributed by atoms with Crippen molar-refractivity contribution in [1.82, 2.24) is 0 Å². The Balaban J connectivity index is 2.66. The average molecular weight is 126 g/mol. The molecule has 0 bridgehead atoms. The fourth-order valence-corrected chi connectivity index (χ4v) is 1.43. The van der Waals surface area contributed by atoms with Crippen molar-refractivity contribution >= 4 is 5.78 Å². The van der Waals surface area contributed by atoms with Gasteiger partial charge in [-0.1, -0.05) is 20.8 Å². The molecule has 1 rings (SSSR count). The van der Waals surface area contributed by atoms with Crippen LogP contribution in [0.3, 0.4) is 0 Å². The monoisotopic (exact) mass is 126 g/mol. The van der Waals surface area contributed by atoms with E-state index in [-0.39, 0.29) is 5.41 Å². The first-order valence-corrected chi connectivity index (χ1v) is 3.64. The minimum absolute atomic E-state index is 0.0417. The van der Waals surface area contributed by atoms with Crippen LogP contribution in [0, 0.1) is 11.3 Å². The summed E-state index contributed by atoms with van der Waals surface area (Å²) >= 11 is 0. The third-order valence-electron chi connectivity index (χ3n) is 2.95. The van der Waals surface area contributed by atoms with Crippen LogP contribution in [0.15, 0.2) is 0 Å². The number of hydrogen-bond acceptors (Lipinski definition) is 1. The quantitative estimate of drug-likeness (QED) is 0.525. The molecule has 0 spiro atoms. The second-order valence-corrected chi connectivity index (χ2v) is 3.30. The maximum absolute atomic E-state index is 11.0. The van der Waals surface area contributed by atoms with E-state index in [1.807, 2.05) is 0 Å².